The van der Waals surface area contributed by atoms with Crippen LogP contribution in [0.2, 0.25) is 0 Å². The number of aromatic nitrogens is 3. The lowest BCUT2D eigenvalue weighted by molar-refractivity contribution is 0.241. The average Bonchev–Trinajstić information content (AvgIpc) is 2.90. The molecule has 1 aliphatic rings. The van der Waals surface area contributed by atoms with Crippen molar-refractivity contribution in [3.05, 3.63) is 57.1 Å². The molecule has 1 aliphatic heterocycles. The van der Waals surface area contributed by atoms with Crippen LogP contribution in [0.25, 0.3) is 10.9 Å². The van der Waals surface area contributed by atoms with Crippen molar-refractivity contribution in [1.82, 2.24) is 19.9 Å². The minimum absolute atomic E-state index is 0.248. The third-order valence-corrected chi connectivity index (χ3v) is 5.78. The molecular formula is C18H20N4O3S. The summed E-state index contributed by atoms with van der Waals surface area (Å²) in [5, 5.41) is 0.942. The van der Waals surface area contributed by atoms with E-state index in [2.05, 4.69) is 38.9 Å². The molecule has 136 valence electrons. The van der Waals surface area contributed by atoms with E-state index >= 15 is 0 Å². The molecule has 8 heteroatoms. The summed E-state index contributed by atoms with van der Waals surface area (Å²) in [5.74, 6) is 0. The van der Waals surface area contributed by atoms with Gasteiger partial charge in [-0.1, -0.05) is 18.2 Å². The number of nitrogens with zero attached hydrogens (tertiary/aromatic N) is 2. The molecule has 3 heterocycles. The quantitative estimate of drug-likeness (QED) is 0.679. The number of para-hydroxylation sites is 1. The summed E-state index contributed by atoms with van der Waals surface area (Å²) in [4.78, 5) is 24.5. The third kappa shape index (κ3) is 2.95. The number of sulfone groups is 1. The van der Waals surface area contributed by atoms with Crippen molar-refractivity contribution in [2.24, 2.45) is 0 Å². The molecule has 0 radical (unpaired) electrons. The van der Waals surface area contributed by atoms with Crippen molar-refractivity contribution in [1.29, 1.82) is 0 Å². The molecule has 0 atom stereocenters. The summed E-state index contributed by atoms with van der Waals surface area (Å²) in [6.07, 6.45) is 1.61. The van der Waals surface area contributed by atoms with Crippen LogP contribution in [-0.2, 0) is 29.3 Å². The number of hydrogen-bond acceptors (Lipinski definition) is 5. The van der Waals surface area contributed by atoms with Crippen molar-refractivity contribution < 1.29 is 8.42 Å². The predicted molar refractivity (Wildman–Crippen MR) is 98.8 cm³/mol. The average molecular weight is 372 g/mol. The molecule has 0 unspecified atom stereocenters. The fourth-order valence-electron chi connectivity index (χ4n) is 3.53. The molecule has 3 aromatic rings. The van der Waals surface area contributed by atoms with Gasteiger partial charge in [0.05, 0.1) is 11.3 Å². The molecule has 0 fully saturated rings. The Morgan fingerprint density at radius 1 is 1.23 bits per heavy atom. The zero-order valence-electron chi connectivity index (χ0n) is 14.7. The van der Waals surface area contributed by atoms with Crippen LogP contribution >= 0.6 is 0 Å². The van der Waals surface area contributed by atoms with Crippen LogP contribution in [0.5, 0.6) is 0 Å². The molecule has 0 saturated heterocycles. The van der Waals surface area contributed by atoms with Gasteiger partial charge in [0.1, 0.15) is 0 Å². The topological polar surface area (TPSA) is 98.9 Å². The number of nitrogens with one attached hydrogen (secondary N) is 2. The number of aromatic amines is 2. The van der Waals surface area contributed by atoms with E-state index in [-0.39, 0.29) is 10.7 Å². The van der Waals surface area contributed by atoms with Gasteiger partial charge in [0.15, 0.2) is 0 Å². The van der Waals surface area contributed by atoms with E-state index in [4.69, 9.17) is 0 Å². The van der Waals surface area contributed by atoms with Gasteiger partial charge in [0.2, 0.25) is 15.0 Å². The van der Waals surface area contributed by atoms with Gasteiger partial charge in [-0.25, -0.2) is 13.4 Å². The van der Waals surface area contributed by atoms with Crippen LogP contribution in [0.3, 0.4) is 0 Å². The van der Waals surface area contributed by atoms with Crippen LogP contribution in [0.4, 0.5) is 0 Å². The van der Waals surface area contributed by atoms with E-state index in [0.717, 1.165) is 30.6 Å². The Morgan fingerprint density at radius 3 is 2.77 bits per heavy atom. The van der Waals surface area contributed by atoms with E-state index in [0.29, 0.717) is 24.2 Å². The summed E-state index contributed by atoms with van der Waals surface area (Å²) < 4.78 is 23.3. The summed E-state index contributed by atoms with van der Waals surface area (Å²) in [5.41, 5.74) is 4.23. The molecule has 2 N–H and O–H groups in total. The number of hydrogen-bond donors (Lipinski definition) is 2. The van der Waals surface area contributed by atoms with Gasteiger partial charge in [-0.05, 0) is 18.6 Å². The molecule has 0 aliphatic carbocycles. The van der Waals surface area contributed by atoms with Gasteiger partial charge >= 0.3 is 0 Å². The molecule has 0 bridgehead atoms. The molecule has 0 spiro atoms. The number of benzene rings is 1. The van der Waals surface area contributed by atoms with Crippen LogP contribution in [0, 0.1) is 6.92 Å². The summed E-state index contributed by atoms with van der Waals surface area (Å²) in [6, 6.07) is 8.17. The van der Waals surface area contributed by atoms with E-state index in [1.54, 1.807) is 0 Å². The molecule has 4 rings (SSSR count). The van der Waals surface area contributed by atoms with Crippen molar-refractivity contribution in [2.45, 2.75) is 31.6 Å². The standard InChI is InChI=1S/C18H20N4O3S/c1-11-13(12-5-3-4-6-15(12)19-11)9-22-8-7-16-14(10-22)17(23)21-18(20-16)26(2,24)25/h3-6,19H,7-10H2,1-2H3,(H,20,21,23). The summed E-state index contributed by atoms with van der Waals surface area (Å²) in [7, 11) is -3.53. The molecule has 2 aromatic heterocycles. The second-order valence-corrected chi connectivity index (χ2v) is 8.73. The van der Waals surface area contributed by atoms with Crippen LogP contribution in [-0.4, -0.2) is 41.1 Å². The van der Waals surface area contributed by atoms with E-state index < -0.39 is 9.84 Å². The highest BCUT2D eigenvalue weighted by molar-refractivity contribution is 7.90. The zero-order valence-corrected chi connectivity index (χ0v) is 15.5. The Hall–Kier alpha value is -2.45. The number of H-pyrrole nitrogens is 2. The van der Waals surface area contributed by atoms with Gasteiger partial charge in [-0.3, -0.25) is 14.7 Å². The number of rotatable bonds is 3. The minimum atomic E-state index is -3.53. The zero-order chi connectivity index (χ0) is 18.5. The first-order valence-corrected chi connectivity index (χ1v) is 10.3. The lowest BCUT2D eigenvalue weighted by Gasteiger charge is -2.27. The van der Waals surface area contributed by atoms with Gasteiger partial charge < -0.3 is 4.98 Å². The Bertz CT molecular complexity index is 1160. The van der Waals surface area contributed by atoms with Crippen LogP contribution in [0.1, 0.15) is 22.5 Å². The first-order chi connectivity index (χ1) is 12.3. The smallest absolute Gasteiger partial charge is 0.256 e. The maximum Gasteiger partial charge on any atom is 0.256 e. The molecule has 0 amide bonds. The van der Waals surface area contributed by atoms with Gasteiger partial charge in [-0.2, -0.15) is 0 Å². The molecule has 1 aromatic carbocycles. The maximum atomic E-state index is 12.4. The highest BCUT2D eigenvalue weighted by Crippen LogP contribution is 2.25. The molecule has 7 nitrogen and oxygen atoms in total. The lowest BCUT2D eigenvalue weighted by Crippen LogP contribution is -2.36. The normalized spacial score (nSPS) is 15.3. The van der Waals surface area contributed by atoms with E-state index in [1.807, 2.05) is 12.1 Å². The SMILES string of the molecule is Cc1[nH]c2ccccc2c1CN1CCc2nc(S(C)(=O)=O)[nH]c(=O)c2C1. The van der Waals surface area contributed by atoms with Gasteiger partial charge in [0.25, 0.3) is 5.56 Å². The third-order valence-electron chi connectivity index (χ3n) is 4.89. The first-order valence-electron chi connectivity index (χ1n) is 8.43. The number of fused-ring (bicyclic) bond motifs is 2. The summed E-state index contributed by atoms with van der Waals surface area (Å²) >= 11 is 0. The van der Waals surface area contributed by atoms with Gasteiger partial charge in [0, 0.05) is 48.9 Å². The first kappa shape index (κ1) is 17.0. The molecule has 26 heavy (non-hydrogen) atoms. The van der Waals surface area contributed by atoms with Crippen molar-refractivity contribution in [3.63, 3.8) is 0 Å². The summed E-state index contributed by atoms with van der Waals surface area (Å²) in [6.45, 7) is 3.97. The Kier molecular flexibility index (Phi) is 3.96. The fraction of sp³-hybridized carbons (Fsp3) is 0.333. The second-order valence-electron chi connectivity index (χ2n) is 6.80. The van der Waals surface area contributed by atoms with Crippen molar-refractivity contribution in [2.75, 3.05) is 12.8 Å². The fourth-order valence-corrected chi connectivity index (χ4v) is 4.08. The second kappa shape index (κ2) is 6.07. The van der Waals surface area contributed by atoms with E-state index in [1.165, 1.54) is 10.9 Å². The van der Waals surface area contributed by atoms with Crippen LogP contribution < -0.4 is 5.56 Å². The Balaban J connectivity index is 1.65. The predicted octanol–water partition coefficient (Wildman–Crippen LogP) is 1.52. The van der Waals surface area contributed by atoms with Gasteiger partial charge in [-0.15, -0.1) is 0 Å². The highest BCUT2D eigenvalue weighted by Gasteiger charge is 2.24. The Morgan fingerprint density at radius 2 is 2.00 bits per heavy atom. The number of aryl methyl sites for hydroxylation is 1. The molecular weight excluding hydrogens is 352 g/mol. The lowest BCUT2D eigenvalue weighted by atomic mass is 10.1. The van der Waals surface area contributed by atoms with Crippen LogP contribution in [0.15, 0.2) is 34.2 Å². The monoisotopic (exact) mass is 372 g/mol. The minimum Gasteiger partial charge on any atom is -0.358 e. The largest absolute Gasteiger partial charge is 0.358 e. The Labute approximate surface area is 151 Å². The highest BCUT2D eigenvalue weighted by atomic mass is 32.2. The van der Waals surface area contributed by atoms with Crippen molar-refractivity contribution >= 4 is 20.7 Å². The van der Waals surface area contributed by atoms with E-state index in [9.17, 15) is 13.2 Å². The molecule has 0 saturated carbocycles. The maximum absolute atomic E-state index is 12.4. The van der Waals surface area contributed by atoms with Crippen molar-refractivity contribution in [3.8, 4) is 0 Å².